The number of rotatable bonds is 14. The first-order valence-corrected chi connectivity index (χ1v) is 50.6. The quantitative estimate of drug-likeness (QED) is 0.103. The number of furan rings is 1. The molecule has 0 radical (unpaired) electrons. The third-order valence-electron chi connectivity index (χ3n) is 29.5. The van der Waals surface area contributed by atoms with Crippen molar-refractivity contribution in [3.05, 3.63) is 515 Å². The minimum Gasteiger partial charge on any atom is -0.456 e. The summed E-state index contributed by atoms with van der Waals surface area (Å²) in [7, 11) is 0. The molecule has 8 aromatic heterocycles. The predicted molar refractivity (Wildman–Crippen MR) is 614 cm³/mol. The monoisotopic (exact) mass is 1920 g/mol. The molecule has 14 heteroatoms. The predicted octanol–water partition coefficient (Wildman–Crippen LogP) is 34.0. The Balaban J connectivity index is 0.000000108. The molecule has 0 N–H and O–H groups in total. The molecule has 0 atom stereocenters. The summed E-state index contributed by atoms with van der Waals surface area (Å²) in [6, 6.07) is 176. The molecule has 0 bridgehead atoms. The second kappa shape index (κ2) is 36.3. The van der Waals surface area contributed by atoms with Crippen molar-refractivity contribution in [1.82, 2.24) is 63.1 Å². The van der Waals surface area contributed by atoms with Crippen molar-refractivity contribution in [3.63, 3.8) is 0 Å². The van der Waals surface area contributed by atoms with Crippen LogP contribution < -0.4 is 0 Å². The van der Waals surface area contributed by atoms with Crippen LogP contribution in [0.1, 0.15) is 25.0 Å². The van der Waals surface area contributed by atoms with Crippen molar-refractivity contribution in [1.29, 1.82) is 0 Å². The van der Waals surface area contributed by atoms with Gasteiger partial charge in [0.25, 0.3) is 0 Å². The van der Waals surface area contributed by atoms with Crippen LogP contribution in [-0.2, 0) is 5.41 Å². The maximum Gasteiger partial charge on any atom is 0.238 e. The van der Waals surface area contributed by atoms with Crippen LogP contribution in [0.15, 0.2) is 508 Å². The first kappa shape index (κ1) is 87.7. The van der Waals surface area contributed by atoms with Crippen molar-refractivity contribution < 1.29 is 4.42 Å². The summed E-state index contributed by atoms with van der Waals surface area (Å²) in [5, 5.41) is 14.4. The normalized spacial score (nSPS) is 12.1. The molecule has 0 unspecified atom stereocenters. The summed E-state index contributed by atoms with van der Waals surface area (Å²) >= 11 is 0. The van der Waals surface area contributed by atoms with Gasteiger partial charge in [0.1, 0.15) is 11.2 Å². The molecule has 1 aliphatic rings. The highest BCUT2D eigenvalue weighted by atomic mass is 16.3. The van der Waals surface area contributed by atoms with Gasteiger partial charge in [0.15, 0.2) is 46.6 Å². The second-order valence-corrected chi connectivity index (χ2v) is 38.7. The summed E-state index contributed by atoms with van der Waals surface area (Å²) in [4.78, 5) is 45.3. The highest BCUT2D eigenvalue weighted by Gasteiger charge is 2.37. The zero-order valence-corrected chi connectivity index (χ0v) is 81.6. The number of fused-ring (bicyclic) bond motifs is 20. The first-order chi connectivity index (χ1) is 74.1. The Kier molecular flexibility index (Phi) is 21.2. The lowest BCUT2D eigenvalue weighted by atomic mass is 9.82. The molecule has 0 saturated carbocycles. The topological polar surface area (TPSA) is 149 Å². The maximum atomic E-state index is 6.11. The third kappa shape index (κ3) is 15.3. The number of nitrogens with zero attached hydrogens (tertiary/aromatic N) is 13. The van der Waals surface area contributed by atoms with E-state index in [-0.39, 0.29) is 5.41 Å². The Hall–Kier alpha value is -20.1. The molecule has 21 aromatic carbocycles. The Bertz CT molecular complexity index is 10200. The fourth-order valence-corrected chi connectivity index (χ4v) is 22.3. The zero-order valence-electron chi connectivity index (χ0n) is 81.6. The Morgan fingerprint density at radius 1 is 0.173 bits per heavy atom. The standard InChI is InChI=1S/C48H34N4.C45H28N4O.C43H27N5/c1-48(2)41-22-11-9-20-37(41)39-29-40-38-21-10-12-23-43(38)52(44(40)30-42(39)48)36-19-13-18-35(28-36)47-50-45(33-16-7-4-8-17-33)49-46(51-47)34-26-24-32(25-27-34)31-14-5-3-6-15-31;1-3-12-29(13-4-1)43-46-44(30-14-5-2-6-15-30)48-45(47-43)33-16-11-17-34(26-33)49-39-20-9-7-18-35(39)37-27-31(22-24-40(37)49)32-23-25-42-38(28-32)36-19-8-10-21-41(36)50-42;1-4-15-29(16-5-1)41-44-42(30-17-6-2-7-18-30)46-43(45-41)48-36-23-13-12-22-33(36)34-26-35-39(27-38(34)48)47(31-19-8-3-9-20-31)37-25-24-28-14-10-11-21-32(28)40(35)37/h3-30H,1-2H3;1-28H;1-27H. The number of hydrogen-bond acceptors (Lipinski definition) is 10. The molecule has 1 aliphatic carbocycles. The third-order valence-corrected chi connectivity index (χ3v) is 29.5. The van der Waals surface area contributed by atoms with Crippen LogP contribution in [0.5, 0.6) is 0 Å². The highest BCUT2D eigenvalue weighted by Crippen LogP contribution is 2.52. The van der Waals surface area contributed by atoms with Crippen molar-refractivity contribution in [2.45, 2.75) is 19.3 Å². The molecule has 30 rings (SSSR count). The number of benzene rings is 21. The fourth-order valence-electron chi connectivity index (χ4n) is 22.3. The van der Waals surface area contributed by atoms with Gasteiger partial charge in [-0.2, -0.15) is 9.97 Å². The summed E-state index contributed by atoms with van der Waals surface area (Å²) < 4.78 is 15.4. The van der Waals surface area contributed by atoms with Gasteiger partial charge in [-0.1, -0.05) is 402 Å². The van der Waals surface area contributed by atoms with E-state index in [1.54, 1.807) is 0 Å². The van der Waals surface area contributed by atoms with Crippen LogP contribution in [0.4, 0.5) is 0 Å². The molecule has 150 heavy (non-hydrogen) atoms. The van der Waals surface area contributed by atoms with Crippen molar-refractivity contribution in [2.75, 3.05) is 0 Å². The Morgan fingerprint density at radius 3 is 1.05 bits per heavy atom. The molecule has 0 aliphatic heterocycles. The van der Waals surface area contributed by atoms with E-state index in [0.717, 1.165) is 139 Å². The van der Waals surface area contributed by atoms with Gasteiger partial charge in [-0.15, -0.1) is 0 Å². The van der Waals surface area contributed by atoms with Gasteiger partial charge in [0, 0.05) is 121 Å². The number of aromatic nitrogens is 13. The van der Waals surface area contributed by atoms with Crippen molar-refractivity contribution in [3.8, 4) is 147 Å². The van der Waals surface area contributed by atoms with E-state index < -0.39 is 0 Å². The van der Waals surface area contributed by atoms with Crippen LogP contribution in [0.25, 0.3) is 267 Å². The minimum absolute atomic E-state index is 0.0995. The van der Waals surface area contributed by atoms with E-state index in [1.807, 2.05) is 170 Å². The van der Waals surface area contributed by atoms with E-state index in [4.69, 9.17) is 49.3 Å². The summed E-state index contributed by atoms with van der Waals surface area (Å²) in [5.41, 5.74) is 31.5. The van der Waals surface area contributed by atoms with Gasteiger partial charge >= 0.3 is 0 Å². The molecule has 0 amide bonds. The molecule has 704 valence electrons. The minimum atomic E-state index is -0.0995. The molecule has 14 nitrogen and oxygen atoms in total. The molecule has 0 fully saturated rings. The molecular weight excluding hydrogens is 1830 g/mol. The summed E-state index contributed by atoms with van der Waals surface area (Å²) in [6.07, 6.45) is 0. The number of para-hydroxylation sites is 5. The molecule has 0 spiro atoms. The van der Waals surface area contributed by atoms with Gasteiger partial charge in [0.2, 0.25) is 5.95 Å². The van der Waals surface area contributed by atoms with Crippen LogP contribution in [0.3, 0.4) is 0 Å². The van der Waals surface area contributed by atoms with Gasteiger partial charge in [-0.25, -0.2) is 34.9 Å². The van der Waals surface area contributed by atoms with Crippen LogP contribution in [0.2, 0.25) is 0 Å². The average Bonchev–Trinajstić information content (AvgIpc) is 1.75. The lowest BCUT2D eigenvalue weighted by Crippen LogP contribution is -2.14. The Morgan fingerprint density at radius 2 is 0.513 bits per heavy atom. The molecular formula is C136H89N13O. The van der Waals surface area contributed by atoms with Crippen LogP contribution >= 0.6 is 0 Å². The first-order valence-electron chi connectivity index (χ1n) is 50.6. The maximum absolute atomic E-state index is 6.11. The smallest absolute Gasteiger partial charge is 0.238 e. The van der Waals surface area contributed by atoms with Gasteiger partial charge in [-0.05, 0) is 171 Å². The SMILES string of the molecule is CC1(C)c2ccccc2-c2cc3c4ccccc4n(-c4cccc(-c5nc(-c6ccccc6)nc(-c6ccc(-c7ccccc7)cc6)n5)c4)c3cc21.c1ccc(-c2nc(-c3ccccc3)nc(-c3cccc(-n4c5ccccc5c5cc(-c6ccc7oc8ccccc8c7c6)ccc54)c3)n2)cc1.c1ccc(-c2nc(-c3ccccc3)nc(-n3c4ccccc4c4cc5c6c7ccccc7ccc6n(-c6ccccc6)c5cc43)n2)cc1. The van der Waals surface area contributed by atoms with E-state index >= 15 is 0 Å². The van der Waals surface area contributed by atoms with E-state index in [9.17, 15) is 0 Å². The Labute approximate surface area is 862 Å². The largest absolute Gasteiger partial charge is 0.456 e. The lowest BCUT2D eigenvalue weighted by Gasteiger charge is -2.21. The highest BCUT2D eigenvalue weighted by molar-refractivity contribution is 6.26. The van der Waals surface area contributed by atoms with Crippen LogP contribution in [0, 0.1) is 0 Å². The lowest BCUT2D eigenvalue weighted by molar-refractivity contribution is 0.661. The average molecular weight is 1920 g/mol. The second-order valence-electron chi connectivity index (χ2n) is 38.7. The summed E-state index contributed by atoms with van der Waals surface area (Å²) in [5.74, 6) is 5.70. The van der Waals surface area contributed by atoms with Crippen LogP contribution in [-0.4, -0.2) is 63.1 Å². The van der Waals surface area contributed by atoms with E-state index in [0.29, 0.717) is 52.5 Å². The van der Waals surface area contributed by atoms with Crippen molar-refractivity contribution in [2.24, 2.45) is 0 Å². The van der Waals surface area contributed by atoms with Gasteiger partial charge in [0.05, 0.1) is 44.1 Å². The molecule has 29 aromatic rings. The molecule has 0 saturated heterocycles. The van der Waals surface area contributed by atoms with E-state index in [1.165, 1.54) is 87.5 Å². The van der Waals surface area contributed by atoms with E-state index in [2.05, 4.69) is 366 Å². The molecule has 8 heterocycles. The summed E-state index contributed by atoms with van der Waals surface area (Å²) in [6.45, 7) is 4.68. The number of hydrogen-bond donors (Lipinski definition) is 0. The van der Waals surface area contributed by atoms with Gasteiger partial charge in [-0.3, -0.25) is 4.57 Å². The van der Waals surface area contributed by atoms with Crippen molar-refractivity contribution >= 4 is 120 Å². The van der Waals surface area contributed by atoms with Gasteiger partial charge < -0.3 is 18.1 Å². The fraction of sp³-hybridized carbons (Fsp3) is 0.0221. The zero-order chi connectivity index (χ0) is 99.4.